The number of nitrogens with zero attached hydrogens (tertiary/aromatic N) is 1. The predicted molar refractivity (Wildman–Crippen MR) is 80.2 cm³/mol. The molecule has 108 valence electrons. The van der Waals surface area contributed by atoms with E-state index in [1.54, 1.807) is 37.4 Å². The maximum atomic E-state index is 12.0. The molecule has 0 aliphatic rings. The fourth-order valence-corrected chi connectivity index (χ4v) is 1.93. The summed E-state index contributed by atoms with van der Waals surface area (Å²) in [6.07, 6.45) is 2.95. The summed E-state index contributed by atoms with van der Waals surface area (Å²) in [5.41, 5.74) is 1.79. The van der Waals surface area contributed by atoms with Crippen LogP contribution in [0, 0.1) is 0 Å². The second kappa shape index (κ2) is 6.85. The Hall–Kier alpha value is -2.40. The molecule has 0 aliphatic heterocycles. The van der Waals surface area contributed by atoms with E-state index in [1.165, 1.54) is 12.4 Å². The van der Waals surface area contributed by atoms with Gasteiger partial charge in [-0.05, 0) is 23.8 Å². The summed E-state index contributed by atoms with van der Waals surface area (Å²) >= 11 is 5.93. The van der Waals surface area contributed by atoms with E-state index in [9.17, 15) is 9.59 Å². The molecule has 0 spiro atoms. The highest BCUT2D eigenvalue weighted by Crippen LogP contribution is 2.13. The summed E-state index contributed by atoms with van der Waals surface area (Å²) in [4.78, 5) is 27.2. The molecule has 0 aliphatic carbocycles. The molecule has 0 bridgehead atoms. The van der Waals surface area contributed by atoms with Gasteiger partial charge in [0.25, 0.3) is 11.8 Å². The fourth-order valence-electron chi connectivity index (χ4n) is 1.74. The lowest BCUT2D eigenvalue weighted by molar-refractivity contribution is 0.0946. The Bertz CT molecular complexity index is 656. The van der Waals surface area contributed by atoms with Crippen molar-refractivity contribution >= 4 is 23.4 Å². The van der Waals surface area contributed by atoms with Crippen LogP contribution in [0.4, 0.5) is 0 Å². The highest BCUT2D eigenvalue weighted by molar-refractivity contribution is 6.33. The topological polar surface area (TPSA) is 71.1 Å². The zero-order chi connectivity index (χ0) is 15.2. The summed E-state index contributed by atoms with van der Waals surface area (Å²) in [6.45, 7) is 0.345. The highest BCUT2D eigenvalue weighted by atomic mass is 35.5. The molecule has 2 aromatic rings. The van der Waals surface area contributed by atoms with Gasteiger partial charge in [-0.2, -0.15) is 0 Å². The normalized spacial score (nSPS) is 10.0. The first-order valence-electron chi connectivity index (χ1n) is 6.30. The molecule has 2 rings (SSSR count). The first kappa shape index (κ1) is 15.0. The zero-order valence-corrected chi connectivity index (χ0v) is 12.1. The van der Waals surface area contributed by atoms with Gasteiger partial charge in [0.2, 0.25) is 0 Å². The Labute approximate surface area is 127 Å². The van der Waals surface area contributed by atoms with Crippen LogP contribution in [-0.2, 0) is 6.54 Å². The van der Waals surface area contributed by atoms with Gasteiger partial charge in [-0.25, -0.2) is 0 Å². The highest BCUT2D eigenvalue weighted by Gasteiger charge is 2.10. The van der Waals surface area contributed by atoms with Crippen molar-refractivity contribution in [1.82, 2.24) is 15.6 Å². The average molecular weight is 304 g/mol. The first-order valence-corrected chi connectivity index (χ1v) is 6.68. The molecule has 0 atom stereocenters. The molecule has 5 nitrogen and oxygen atoms in total. The van der Waals surface area contributed by atoms with Crippen molar-refractivity contribution in [2.24, 2.45) is 0 Å². The van der Waals surface area contributed by atoms with Crippen LogP contribution in [0.2, 0.25) is 5.02 Å². The number of hydrogen-bond acceptors (Lipinski definition) is 3. The Balaban J connectivity index is 1.99. The van der Waals surface area contributed by atoms with Crippen molar-refractivity contribution in [3.63, 3.8) is 0 Å². The third-order valence-electron chi connectivity index (χ3n) is 2.91. The fraction of sp³-hybridized carbons (Fsp3) is 0.133. The van der Waals surface area contributed by atoms with Gasteiger partial charge < -0.3 is 10.6 Å². The van der Waals surface area contributed by atoms with Crippen LogP contribution >= 0.6 is 11.6 Å². The van der Waals surface area contributed by atoms with Crippen LogP contribution in [0.3, 0.4) is 0 Å². The molecule has 1 heterocycles. The number of nitrogens with one attached hydrogen (secondary N) is 2. The summed E-state index contributed by atoms with van der Waals surface area (Å²) < 4.78 is 0. The Morgan fingerprint density at radius 2 is 1.86 bits per heavy atom. The van der Waals surface area contributed by atoms with Gasteiger partial charge in [-0.3, -0.25) is 14.6 Å². The van der Waals surface area contributed by atoms with E-state index in [0.717, 1.165) is 5.56 Å². The molecule has 1 aromatic heterocycles. The van der Waals surface area contributed by atoms with Gasteiger partial charge in [0.05, 0.1) is 10.6 Å². The Kier molecular flexibility index (Phi) is 4.90. The third kappa shape index (κ3) is 3.79. The lowest BCUT2D eigenvalue weighted by Crippen LogP contribution is -2.23. The molecule has 1 aromatic carbocycles. The Morgan fingerprint density at radius 3 is 2.48 bits per heavy atom. The van der Waals surface area contributed by atoms with Gasteiger partial charge in [0, 0.05) is 31.5 Å². The molecule has 0 saturated heterocycles. The largest absolute Gasteiger partial charge is 0.355 e. The number of pyridine rings is 1. The van der Waals surface area contributed by atoms with Crippen LogP contribution in [0.1, 0.15) is 26.3 Å². The number of aromatic nitrogens is 1. The molecule has 6 heteroatoms. The van der Waals surface area contributed by atoms with Crippen molar-refractivity contribution in [1.29, 1.82) is 0 Å². The maximum absolute atomic E-state index is 12.0. The van der Waals surface area contributed by atoms with E-state index in [1.807, 2.05) is 0 Å². The number of carbonyl (C=O) groups is 2. The minimum Gasteiger partial charge on any atom is -0.355 e. The minimum atomic E-state index is -0.288. The maximum Gasteiger partial charge on any atom is 0.254 e. The molecule has 0 unspecified atom stereocenters. The second-order valence-corrected chi connectivity index (χ2v) is 4.72. The molecule has 2 amide bonds. The van der Waals surface area contributed by atoms with Gasteiger partial charge in [-0.1, -0.05) is 23.7 Å². The van der Waals surface area contributed by atoms with E-state index in [-0.39, 0.29) is 11.8 Å². The standard InChI is InChI=1S/C15H14ClN3O2/c1-17-14(20)11-4-2-10(3-5-11)8-19-15(21)12-9-18-7-6-13(12)16/h2-7,9H,8H2,1H3,(H,17,20)(H,19,21). The molecule has 0 fully saturated rings. The number of hydrogen-bond donors (Lipinski definition) is 2. The van der Waals surface area contributed by atoms with Gasteiger partial charge in [-0.15, -0.1) is 0 Å². The smallest absolute Gasteiger partial charge is 0.254 e. The summed E-state index contributed by atoms with van der Waals surface area (Å²) in [6, 6.07) is 8.55. The quantitative estimate of drug-likeness (QED) is 0.908. The number of carbonyl (C=O) groups excluding carboxylic acids is 2. The van der Waals surface area contributed by atoms with Crippen molar-refractivity contribution < 1.29 is 9.59 Å². The second-order valence-electron chi connectivity index (χ2n) is 4.31. The predicted octanol–water partition coefficient (Wildman–Crippen LogP) is 2.02. The van der Waals surface area contributed by atoms with E-state index < -0.39 is 0 Å². The van der Waals surface area contributed by atoms with Crippen LogP contribution in [-0.4, -0.2) is 23.8 Å². The molecular weight excluding hydrogens is 290 g/mol. The third-order valence-corrected chi connectivity index (χ3v) is 3.24. The minimum absolute atomic E-state index is 0.146. The zero-order valence-electron chi connectivity index (χ0n) is 11.4. The number of amides is 2. The van der Waals surface area contributed by atoms with Gasteiger partial charge in [0.15, 0.2) is 0 Å². The van der Waals surface area contributed by atoms with Crippen LogP contribution < -0.4 is 10.6 Å². The molecule has 21 heavy (non-hydrogen) atoms. The molecule has 0 saturated carbocycles. The number of benzene rings is 1. The SMILES string of the molecule is CNC(=O)c1ccc(CNC(=O)c2cnccc2Cl)cc1. The van der Waals surface area contributed by atoms with Crippen molar-refractivity contribution in [3.8, 4) is 0 Å². The van der Waals surface area contributed by atoms with Crippen LogP contribution in [0.25, 0.3) is 0 Å². The van der Waals surface area contributed by atoms with E-state index >= 15 is 0 Å². The summed E-state index contributed by atoms with van der Waals surface area (Å²) in [7, 11) is 1.58. The van der Waals surface area contributed by atoms with E-state index in [4.69, 9.17) is 11.6 Å². The lowest BCUT2D eigenvalue weighted by atomic mass is 10.1. The molecule has 2 N–H and O–H groups in total. The van der Waals surface area contributed by atoms with E-state index in [0.29, 0.717) is 22.7 Å². The van der Waals surface area contributed by atoms with Crippen molar-refractivity contribution in [2.45, 2.75) is 6.54 Å². The van der Waals surface area contributed by atoms with Crippen LogP contribution in [0.5, 0.6) is 0 Å². The number of rotatable bonds is 4. The average Bonchev–Trinajstić information content (AvgIpc) is 2.52. The van der Waals surface area contributed by atoms with Gasteiger partial charge in [0.1, 0.15) is 0 Å². The van der Waals surface area contributed by atoms with Crippen LogP contribution in [0.15, 0.2) is 42.7 Å². The molecular formula is C15H14ClN3O2. The first-order chi connectivity index (χ1) is 10.1. The number of halogens is 1. The van der Waals surface area contributed by atoms with Gasteiger partial charge >= 0.3 is 0 Å². The lowest BCUT2D eigenvalue weighted by Gasteiger charge is -2.07. The van der Waals surface area contributed by atoms with E-state index in [2.05, 4.69) is 15.6 Å². The monoisotopic (exact) mass is 303 g/mol. The molecule has 0 radical (unpaired) electrons. The summed E-state index contributed by atoms with van der Waals surface area (Å²) in [5, 5.41) is 5.66. The Morgan fingerprint density at radius 1 is 1.14 bits per heavy atom. The van der Waals surface area contributed by atoms with Crippen molar-refractivity contribution in [3.05, 3.63) is 64.4 Å². The van der Waals surface area contributed by atoms with Crippen molar-refractivity contribution in [2.75, 3.05) is 7.05 Å². The summed E-state index contributed by atoms with van der Waals surface area (Å²) in [5.74, 6) is -0.434.